The monoisotopic (exact) mass is 411 g/mol. The Hall–Kier alpha value is -1.28. The van der Waals surface area contributed by atoms with Gasteiger partial charge in [0.15, 0.2) is 0 Å². The van der Waals surface area contributed by atoms with E-state index >= 15 is 0 Å². The summed E-state index contributed by atoms with van der Waals surface area (Å²) in [6, 6.07) is -0.615. The number of hydrogen-bond donors (Lipinski definition) is 3. The van der Waals surface area contributed by atoms with E-state index in [4.69, 9.17) is 0 Å². The Balaban J connectivity index is 1.99. The second-order valence-electron chi connectivity index (χ2n) is 8.79. The van der Waals surface area contributed by atoms with E-state index in [2.05, 4.69) is 17.6 Å². The molecular formula is C20H33N3O4S. The minimum absolute atomic E-state index is 0.0272. The minimum Gasteiger partial charge on any atom is -0.396 e. The normalized spacial score (nSPS) is 36.1. The summed E-state index contributed by atoms with van der Waals surface area (Å²) in [4.78, 5) is 41.3. The van der Waals surface area contributed by atoms with Crippen LogP contribution in [0.1, 0.15) is 53.4 Å². The van der Waals surface area contributed by atoms with E-state index in [1.807, 2.05) is 20.8 Å². The number of thioether (sulfide) groups is 1. The van der Waals surface area contributed by atoms with E-state index in [1.165, 1.54) is 0 Å². The van der Waals surface area contributed by atoms with Gasteiger partial charge in [0.2, 0.25) is 17.7 Å². The smallest absolute Gasteiger partial charge is 0.244 e. The summed E-state index contributed by atoms with van der Waals surface area (Å²) >= 11 is 1.68. The Kier molecular flexibility index (Phi) is 6.01. The molecule has 3 rings (SSSR count). The summed E-state index contributed by atoms with van der Waals surface area (Å²) in [6.07, 6.45) is 2.85. The molecule has 0 aliphatic carbocycles. The van der Waals surface area contributed by atoms with Crippen molar-refractivity contribution >= 4 is 29.5 Å². The number of carbonyl (C=O) groups excluding carboxylic acids is 3. The highest BCUT2D eigenvalue weighted by Gasteiger charge is 2.76. The minimum atomic E-state index is -0.588. The molecule has 7 nitrogen and oxygen atoms in total. The lowest BCUT2D eigenvalue weighted by Crippen LogP contribution is -2.55. The quantitative estimate of drug-likeness (QED) is 0.551. The highest BCUT2D eigenvalue weighted by atomic mass is 32.2. The van der Waals surface area contributed by atoms with Gasteiger partial charge in [0.25, 0.3) is 0 Å². The molecule has 0 radical (unpaired) electrons. The number of aliphatic hydroxyl groups excluding tert-OH is 1. The summed E-state index contributed by atoms with van der Waals surface area (Å²) in [7, 11) is 0. The summed E-state index contributed by atoms with van der Waals surface area (Å²) in [6.45, 7) is 8.78. The van der Waals surface area contributed by atoms with Crippen LogP contribution in [0, 0.1) is 11.8 Å². The molecule has 0 aromatic heterocycles. The molecule has 3 saturated heterocycles. The van der Waals surface area contributed by atoms with Crippen molar-refractivity contribution in [2.75, 3.05) is 19.7 Å². The van der Waals surface area contributed by atoms with E-state index in [-0.39, 0.29) is 35.1 Å². The number of amides is 3. The van der Waals surface area contributed by atoms with Gasteiger partial charge in [-0.1, -0.05) is 6.92 Å². The molecule has 5 atom stereocenters. The average Bonchev–Trinajstić information content (AvgIpc) is 3.18. The van der Waals surface area contributed by atoms with E-state index in [1.54, 1.807) is 16.7 Å². The van der Waals surface area contributed by atoms with Crippen molar-refractivity contribution < 1.29 is 19.5 Å². The van der Waals surface area contributed by atoms with Crippen LogP contribution in [0.5, 0.6) is 0 Å². The highest BCUT2D eigenvalue weighted by molar-refractivity contribution is 8.02. The number of rotatable bonds is 8. The highest BCUT2D eigenvalue weighted by Crippen LogP contribution is 2.71. The molecule has 8 heteroatoms. The van der Waals surface area contributed by atoms with E-state index in [9.17, 15) is 19.5 Å². The van der Waals surface area contributed by atoms with Crippen LogP contribution in [0.25, 0.3) is 0 Å². The summed E-state index contributed by atoms with van der Waals surface area (Å²) in [5.74, 6) is -1.21. The zero-order valence-corrected chi connectivity index (χ0v) is 18.1. The number of likely N-dealkylation sites (tertiary alicyclic amines) is 1. The Bertz CT molecular complexity index is 657. The van der Waals surface area contributed by atoms with Gasteiger partial charge < -0.3 is 20.6 Å². The first kappa shape index (κ1) is 21.4. The number of fused-ring (bicyclic) bond motifs is 1. The molecule has 3 heterocycles. The Morgan fingerprint density at radius 3 is 2.64 bits per heavy atom. The van der Waals surface area contributed by atoms with E-state index in [0.717, 1.165) is 19.3 Å². The lowest BCUT2D eigenvalue weighted by Gasteiger charge is -2.35. The first-order valence-electron chi connectivity index (χ1n) is 10.4. The first-order chi connectivity index (χ1) is 13.2. The molecule has 3 amide bonds. The lowest BCUT2D eigenvalue weighted by atomic mass is 9.66. The molecule has 0 saturated carbocycles. The van der Waals surface area contributed by atoms with Gasteiger partial charge >= 0.3 is 0 Å². The number of carbonyl (C=O) groups is 3. The molecular weight excluding hydrogens is 378 g/mol. The van der Waals surface area contributed by atoms with Crippen LogP contribution in [-0.2, 0) is 14.4 Å². The van der Waals surface area contributed by atoms with Gasteiger partial charge in [0.05, 0.1) is 16.6 Å². The van der Waals surface area contributed by atoms with Crippen LogP contribution < -0.4 is 10.6 Å². The zero-order chi connectivity index (χ0) is 20.7. The third-order valence-electron chi connectivity index (χ3n) is 6.34. The Morgan fingerprint density at radius 1 is 1.32 bits per heavy atom. The molecule has 1 spiro atoms. The molecule has 2 unspecified atom stereocenters. The molecule has 3 N–H and O–H groups in total. The van der Waals surface area contributed by atoms with Crippen LogP contribution in [0.3, 0.4) is 0 Å². The van der Waals surface area contributed by atoms with Crippen molar-refractivity contribution in [1.29, 1.82) is 0 Å². The SMILES string of the molecule is CCCNC(=O)[C@@H]1[C@H]2C(=O)N(CCCO)C(C(=O)NC(C)C)C23CC[C@@]1(C)S3. The molecule has 158 valence electrons. The van der Waals surface area contributed by atoms with Crippen LogP contribution in [0.15, 0.2) is 0 Å². The van der Waals surface area contributed by atoms with Gasteiger partial charge in [0, 0.05) is 30.5 Å². The molecule has 28 heavy (non-hydrogen) atoms. The topological polar surface area (TPSA) is 98.7 Å². The third kappa shape index (κ3) is 3.22. The van der Waals surface area contributed by atoms with Crippen LogP contribution >= 0.6 is 11.8 Å². The first-order valence-corrected chi connectivity index (χ1v) is 11.2. The molecule has 3 fully saturated rings. The van der Waals surface area contributed by atoms with Crippen LogP contribution in [-0.4, -0.2) is 69.0 Å². The van der Waals surface area contributed by atoms with Crippen molar-refractivity contribution in [1.82, 2.24) is 15.5 Å². The van der Waals surface area contributed by atoms with Gasteiger partial charge in [-0.05, 0) is 46.5 Å². The van der Waals surface area contributed by atoms with Crippen molar-refractivity contribution in [3.63, 3.8) is 0 Å². The van der Waals surface area contributed by atoms with Crippen molar-refractivity contribution in [3.8, 4) is 0 Å². The fourth-order valence-electron chi connectivity index (χ4n) is 5.33. The van der Waals surface area contributed by atoms with Crippen LogP contribution in [0.2, 0.25) is 0 Å². The molecule has 3 aliphatic rings. The van der Waals surface area contributed by atoms with Gasteiger partial charge in [-0.3, -0.25) is 14.4 Å². The lowest BCUT2D eigenvalue weighted by molar-refractivity contribution is -0.140. The molecule has 3 aliphatic heterocycles. The van der Waals surface area contributed by atoms with Gasteiger partial charge in [0.1, 0.15) is 6.04 Å². The summed E-state index contributed by atoms with van der Waals surface area (Å²) < 4.78 is -0.883. The number of aliphatic hydroxyl groups is 1. The maximum absolute atomic E-state index is 13.5. The second-order valence-corrected chi connectivity index (χ2v) is 10.7. The molecule has 0 aromatic rings. The van der Waals surface area contributed by atoms with Crippen molar-refractivity contribution in [3.05, 3.63) is 0 Å². The third-order valence-corrected chi connectivity index (χ3v) is 8.33. The fourth-order valence-corrected chi connectivity index (χ4v) is 7.69. The van der Waals surface area contributed by atoms with E-state index < -0.39 is 22.6 Å². The van der Waals surface area contributed by atoms with Crippen LogP contribution in [0.4, 0.5) is 0 Å². The Labute approximate surface area is 171 Å². The van der Waals surface area contributed by atoms with Gasteiger partial charge in [-0.2, -0.15) is 0 Å². The summed E-state index contributed by atoms with van der Waals surface area (Å²) in [5.41, 5.74) is 0. The number of nitrogens with zero attached hydrogens (tertiary/aromatic N) is 1. The average molecular weight is 412 g/mol. The van der Waals surface area contributed by atoms with E-state index in [0.29, 0.717) is 19.5 Å². The fraction of sp³-hybridized carbons (Fsp3) is 0.850. The van der Waals surface area contributed by atoms with Gasteiger partial charge in [-0.25, -0.2) is 0 Å². The maximum atomic E-state index is 13.5. The molecule has 0 aromatic carbocycles. The number of nitrogens with one attached hydrogen (secondary N) is 2. The molecule has 2 bridgehead atoms. The maximum Gasteiger partial charge on any atom is 0.244 e. The zero-order valence-electron chi connectivity index (χ0n) is 17.3. The standard InChI is InChI=1S/C20H33N3O4S/c1-5-9-21-16(25)13-14-18(27)23(10-6-11-24)15(17(26)22-12(2)3)20(14)8-7-19(13,4)28-20/h12-15,24H,5-11H2,1-4H3,(H,21,25)(H,22,26)/t13-,14-,15?,19+,20?/m0/s1. The second kappa shape index (κ2) is 7.86. The van der Waals surface area contributed by atoms with Gasteiger partial charge in [-0.15, -0.1) is 11.8 Å². The predicted octanol–water partition coefficient (Wildman–Crippen LogP) is 0.901. The summed E-state index contributed by atoms with van der Waals surface area (Å²) in [5, 5.41) is 15.3. The van der Waals surface area contributed by atoms with Crippen molar-refractivity contribution in [2.24, 2.45) is 11.8 Å². The largest absolute Gasteiger partial charge is 0.396 e. The number of hydrogen-bond acceptors (Lipinski definition) is 5. The van der Waals surface area contributed by atoms with Crippen molar-refractivity contribution in [2.45, 2.75) is 75.0 Å². The Morgan fingerprint density at radius 2 is 2.04 bits per heavy atom. The predicted molar refractivity (Wildman–Crippen MR) is 109 cm³/mol.